The Labute approximate surface area is 190 Å². The van der Waals surface area contributed by atoms with E-state index in [0.717, 1.165) is 4.90 Å². The molecule has 2 aliphatic rings. The lowest BCUT2D eigenvalue weighted by Gasteiger charge is -2.39. The van der Waals surface area contributed by atoms with E-state index in [0.29, 0.717) is 39.3 Å². The summed E-state index contributed by atoms with van der Waals surface area (Å²) in [6.45, 7) is 11.7. The monoisotopic (exact) mass is 448 g/mol. The van der Waals surface area contributed by atoms with E-state index in [4.69, 9.17) is 0 Å². The van der Waals surface area contributed by atoms with Gasteiger partial charge in [0.15, 0.2) is 0 Å². The van der Waals surface area contributed by atoms with Gasteiger partial charge < -0.3 is 20.4 Å². The molecule has 2 rings (SSSR count). The predicted octanol–water partition coefficient (Wildman–Crippen LogP) is 0.166. The summed E-state index contributed by atoms with van der Waals surface area (Å²) in [4.78, 5) is 58.5. The summed E-state index contributed by atoms with van der Waals surface area (Å²) in [6.07, 6.45) is 4.61. The van der Waals surface area contributed by atoms with Crippen molar-refractivity contribution < 1.29 is 19.2 Å². The van der Waals surface area contributed by atoms with Crippen molar-refractivity contribution in [3.8, 4) is 0 Å². The molecule has 1 unspecified atom stereocenters. The molecule has 1 fully saturated rings. The van der Waals surface area contributed by atoms with Crippen LogP contribution < -0.4 is 10.6 Å². The van der Waals surface area contributed by atoms with Crippen LogP contribution in [0.2, 0.25) is 0 Å². The molecule has 10 heteroatoms. The van der Waals surface area contributed by atoms with Crippen molar-refractivity contribution in [1.82, 2.24) is 25.3 Å². The Balaban J connectivity index is 1.89. The van der Waals surface area contributed by atoms with Crippen LogP contribution in [0.5, 0.6) is 0 Å². The lowest BCUT2D eigenvalue weighted by atomic mass is 9.81. The second-order valence-corrected chi connectivity index (χ2v) is 9.47. The molecular weight excluding hydrogens is 412 g/mol. The maximum absolute atomic E-state index is 13.1. The maximum Gasteiger partial charge on any atom is 0.255 e. The summed E-state index contributed by atoms with van der Waals surface area (Å²) in [5.74, 6) is -1.06. The van der Waals surface area contributed by atoms with Gasteiger partial charge in [-0.15, -0.1) is 0 Å². The summed E-state index contributed by atoms with van der Waals surface area (Å²) < 4.78 is 0. The lowest BCUT2D eigenvalue weighted by Crippen LogP contribution is -2.53. The van der Waals surface area contributed by atoms with Gasteiger partial charge in [-0.3, -0.25) is 19.2 Å². The van der Waals surface area contributed by atoms with Crippen molar-refractivity contribution in [1.29, 1.82) is 0 Å². The molecule has 0 aromatic rings. The zero-order valence-corrected chi connectivity index (χ0v) is 20.0. The number of imide groups is 1. The topological polar surface area (TPSA) is 114 Å². The summed E-state index contributed by atoms with van der Waals surface area (Å²) in [5, 5.41) is 5.66. The van der Waals surface area contributed by atoms with Gasteiger partial charge in [0.2, 0.25) is 11.8 Å². The number of amides is 4. The maximum atomic E-state index is 13.1. The van der Waals surface area contributed by atoms with E-state index in [1.54, 1.807) is 27.2 Å². The first kappa shape index (κ1) is 25.5. The molecule has 0 spiro atoms. The molecule has 1 atom stereocenters. The van der Waals surface area contributed by atoms with E-state index >= 15 is 0 Å². The fourth-order valence-corrected chi connectivity index (χ4v) is 3.98. The summed E-state index contributed by atoms with van der Waals surface area (Å²) in [5.41, 5.74) is -1.64. The van der Waals surface area contributed by atoms with E-state index in [2.05, 4.69) is 15.6 Å². The van der Waals surface area contributed by atoms with E-state index in [9.17, 15) is 19.2 Å². The van der Waals surface area contributed by atoms with E-state index in [1.165, 1.54) is 12.2 Å². The van der Waals surface area contributed by atoms with Gasteiger partial charge in [-0.05, 0) is 27.3 Å². The number of aliphatic imine (C=N–C) groups is 1. The Morgan fingerprint density at radius 1 is 1.09 bits per heavy atom. The Morgan fingerprint density at radius 3 is 2.19 bits per heavy atom. The first-order valence-electron chi connectivity index (χ1n) is 11.0. The van der Waals surface area contributed by atoms with Crippen LogP contribution in [0.15, 0.2) is 17.1 Å². The van der Waals surface area contributed by atoms with Crippen molar-refractivity contribution >= 4 is 30.0 Å². The fraction of sp³-hybridized carbons (Fsp3) is 0.682. The van der Waals surface area contributed by atoms with Gasteiger partial charge in [-0.25, -0.2) is 9.89 Å². The minimum absolute atomic E-state index is 0.0296. The number of hydrogen-bond donors (Lipinski definition) is 2. The summed E-state index contributed by atoms with van der Waals surface area (Å²) >= 11 is 0. The average molecular weight is 449 g/mol. The Hall–Kier alpha value is -2.75. The average Bonchev–Trinajstić information content (AvgIpc) is 3.08. The first-order chi connectivity index (χ1) is 14.9. The molecule has 32 heavy (non-hydrogen) atoms. The van der Waals surface area contributed by atoms with Crippen LogP contribution in [0.25, 0.3) is 0 Å². The van der Waals surface area contributed by atoms with Crippen LogP contribution in [-0.4, -0.2) is 90.2 Å². The summed E-state index contributed by atoms with van der Waals surface area (Å²) in [7, 11) is 1.76. The normalized spacial score (nSPS) is 18.6. The van der Waals surface area contributed by atoms with Crippen LogP contribution in [0.3, 0.4) is 0 Å². The van der Waals surface area contributed by atoms with Crippen molar-refractivity contribution in [2.45, 2.75) is 46.7 Å². The van der Waals surface area contributed by atoms with E-state index < -0.39 is 11.1 Å². The predicted molar refractivity (Wildman–Crippen MR) is 121 cm³/mol. The molecule has 178 valence electrons. The molecule has 0 aliphatic carbocycles. The highest BCUT2D eigenvalue weighted by Gasteiger charge is 2.38. The van der Waals surface area contributed by atoms with Crippen molar-refractivity contribution in [2.24, 2.45) is 16.3 Å². The van der Waals surface area contributed by atoms with Crippen molar-refractivity contribution in [3.05, 3.63) is 12.2 Å². The van der Waals surface area contributed by atoms with Gasteiger partial charge in [0, 0.05) is 49.7 Å². The Morgan fingerprint density at radius 2 is 1.66 bits per heavy atom. The third kappa shape index (κ3) is 6.15. The van der Waals surface area contributed by atoms with Crippen molar-refractivity contribution in [3.63, 3.8) is 0 Å². The van der Waals surface area contributed by atoms with Crippen LogP contribution in [0, 0.1) is 11.3 Å². The van der Waals surface area contributed by atoms with E-state index in [1.807, 2.05) is 30.6 Å². The summed E-state index contributed by atoms with van der Waals surface area (Å²) in [6, 6.07) is 0. The molecule has 2 N–H and O–H groups in total. The molecule has 1 saturated heterocycles. The Kier molecular flexibility index (Phi) is 8.17. The molecular formula is C22H36N6O4. The molecule has 0 saturated carbocycles. The zero-order chi connectivity index (χ0) is 24.1. The molecule has 2 heterocycles. The zero-order valence-electron chi connectivity index (χ0n) is 20.0. The molecule has 0 aromatic heterocycles. The van der Waals surface area contributed by atoms with Crippen LogP contribution in [0.4, 0.5) is 0 Å². The number of rotatable bonds is 9. The van der Waals surface area contributed by atoms with Gasteiger partial charge in [-0.2, -0.15) is 0 Å². The second-order valence-electron chi connectivity index (χ2n) is 9.47. The first-order valence-corrected chi connectivity index (χ1v) is 11.0. The number of nitrogens with zero attached hydrogens (tertiary/aromatic N) is 4. The minimum atomic E-state index is -0.989. The standard InChI is InChI=1S/C22H36N6O4/c1-16(19(31)24-14-23-6)13-21(2,3)20(32)27-11-9-26(10-12-27)15-25-22(4,5)28-17(29)7-8-18(28)30/h7-8,15-16,23H,9-14H2,1-6H3,(H,24,31). The van der Waals surface area contributed by atoms with Gasteiger partial charge in [0.25, 0.3) is 11.8 Å². The van der Waals surface area contributed by atoms with Crippen LogP contribution in [0.1, 0.15) is 41.0 Å². The van der Waals surface area contributed by atoms with E-state index in [-0.39, 0.29) is 29.5 Å². The number of piperazine rings is 1. The van der Waals surface area contributed by atoms with Gasteiger partial charge in [-0.1, -0.05) is 20.8 Å². The van der Waals surface area contributed by atoms with Crippen LogP contribution in [-0.2, 0) is 19.2 Å². The molecule has 4 amide bonds. The largest absolute Gasteiger partial charge is 0.359 e. The molecule has 2 aliphatic heterocycles. The second kappa shape index (κ2) is 10.2. The highest BCUT2D eigenvalue weighted by atomic mass is 16.2. The number of carbonyl (C=O) groups is 4. The SMILES string of the molecule is CNCNC(=O)C(C)CC(C)(C)C(=O)N1CCN(C=NC(C)(C)N2C(=O)C=CC2=O)CC1. The minimum Gasteiger partial charge on any atom is -0.359 e. The quantitative estimate of drug-likeness (QED) is 0.225. The molecule has 0 bridgehead atoms. The molecule has 0 radical (unpaired) electrons. The smallest absolute Gasteiger partial charge is 0.255 e. The van der Waals surface area contributed by atoms with Gasteiger partial charge in [0.05, 0.1) is 13.0 Å². The van der Waals surface area contributed by atoms with Crippen molar-refractivity contribution in [2.75, 3.05) is 39.9 Å². The number of carbonyl (C=O) groups excluding carboxylic acids is 4. The molecule has 0 aromatic carbocycles. The van der Waals surface area contributed by atoms with Gasteiger partial charge in [0.1, 0.15) is 5.66 Å². The fourth-order valence-electron chi connectivity index (χ4n) is 3.98. The third-order valence-corrected chi connectivity index (χ3v) is 5.78. The van der Waals surface area contributed by atoms with Gasteiger partial charge >= 0.3 is 0 Å². The molecule has 10 nitrogen and oxygen atoms in total. The highest BCUT2D eigenvalue weighted by Crippen LogP contribution is 2.29. The lowest BCUT2D eigenvalue weighted by molar-refractivity contribution is -0.144. The number of nitrogens with one attached hydrogen (secondary N) is 2. The third-order valence-electron chi connectivity index (χ3n) is 5.78. The highest BCUT2D eigenvalue weighted by molar-refractivity contribution is 6.13. The number of hydrogen-bond acceptors (Lipinski definition) is 6. The Bertz CT molecular complexity index is 778. The van der Waals surface area contributed by atoms with Crippen LogP contribution >= 0.6 is 0 Å².